The molecule has 0 aliphatic heterocycles. The summed E-state index contributed by atoms with van der Waals surface area (Å²) in [6.07, 6.45) is 0. The molecule has 3 aromatic carbocycles. The molecule has 6 heteroatoms. The topological polar surface area (TPSA) is 66.9 Å². The maximum atomic E-state index is 12.4. The van der Waals surface area contributed by atoms with Crippen LogP contribution in [-0.4, -0.2) is 16.2 Å². The van der Waals surface area contributed by atoms with E-state index in [0.29, 0.717) is 5.13 Å². The van der Waals surface area contributed by atoms with E-state index in [2.05, 4.69) is 45.1 Å². The van der Waals surface area contributed by atoms with Gasteiger partial charge >= 0.3 is 6.03 Å². The summed E-state index contributed by atoms with van der Waals surface area (Å²) in [7, 11) is 0. The van der Waals surface area contributed by atoms with E-state index in [9.17, 15) is 4.79 Å². The second-order valence-electron chi connectivity index (χ2n) is 7.08. The van der Waals surface area contributed by atoms with Gasteiger partial charge in [0.25, 0.3) is 0 Å². The number of aryl methyl sites for hydroxylation is 2. The Balaban J connectivity index is 1.54. The zero-order valence-corrected chi connectivity index (χ0v) is 17.6. The Morgan fingerprint density at radius 2 is 1.43 bits per heavy atom. The number of urea groups is 1. The van der Waals surface area contributed by atoms with E-state index in [-0.39, 0.29) is 11.9 Å². The molecule has 0 spiro atoms. The van der Waals surface area contributed by atoms with E-state index in [1.165, 1.54) is 16.9 Å². The highest BCUT2D eigenvalue weighted by Gasteiger charge is 2.21. The molecule has 2 N–H and O–H groups in total. The lowest BCUT2D eigenvalue weighted by Crippen LogP contribution is -2.19. The minimum atomic E-state index is -0.336. The number of carbonyl (C=O) groups is 1. The van der Waals surface area contributed by atoms with Crippen LogP contribution in [0, 0.1) is 13.8 Å². The maximum absolute atomic E-state index is 12.4. The predicted molar refractivity (Wildman–Crippen MR) is 122 cm³/mol. The van der Waals surface area contributed by atoms with Gasteiger partial charge in [-0.15, -0.1) is 10.2 Å². The summed E-state index contributed by atoms with van der Waals surface area (Å²) in [5.74, 6) is -0.0386. The molecule has 150 valence electrons. The highest BCUT2D eigenvalue weighted by atomic mass is 32.1. The molecular weight excluding hydrogens is 392 g/mol. The number of rotatable bonds is 5. The SMILES string of the molecule is Cc1ccc(NC(=O)Nc2nnc(C(c3ccccc3)c3ccccc3)s2)cc1C. The number of amides is 2. The van der Waals surface area contributed by atoms with Crippen molar-refractivity contribution in [3.63, 3.8) is 0 Å². The average Bonchev–Trinajstić information content (AvgIpc) is 3.20. The predicted octanol–water partition coefficient (Wildman–Crippen LogP) is 5.98. The summed E-state index contributed by atoms with van der Waals surface area (Å²) >= 11 is 1.38. The van der Waals surface area contributed by atoms with Gasteiger partial charge in [-0.25, -0.2) is 4.79 Å². The highest BCUT2D eigenvalue weighted by Crippen LogP contribution is 2.34. The molecule has 0 atom stereocenters. The highest BCUT2D eigenvalue weighted by molar-refractivity contribution is 7.15. The molecule has 0 aliphatic rings. The lowest BCUT2D eigenvalue weighted by Gasteiger charge is -2.14. The lowest BCUT2D eigenvalue weighted by molar-refractivity contribution is 0.262. The van der Waals surface area contributed by atoms with Crippen molar-refractivity contribution in [3.05, 3.63) is 106 Å². The average molecular weight is 415 g/mol. The maximum Gasteiger partial charge on any atom is 0.325 e. The number of nitrogens with one attached hydrogen (secondary N) is 2. The molecule has 0 bridgehead atoms. The first-order valence-electron chi connectivity index (χ1n) is 9.69. The Labute approximate surface area is 179 Å². The number of anilines is 2. The van der Waals surface area contributed by atoms with Crippen LogP contribution in [0.3, 0.4) is 0 Å². The van der Waals surface area contributed by atoms with Gasteiger partial charge < -0.3 is 5.32 Å². The Morgan fingerprint density at radius 1 is 0.800 bits per heavy atom. The van der Waals surface area contributed by atoms with Gasteiger partial charge in [0, 0.05) is 5.69 Å². The van der Waals surface area contributed by atoms with Crippen molar-refractivity contribution in [2.24, 2.45) is 0 Å². The van der Waals surface area contributed by atoms with Crippen LogP contribution in [-0.2, 0) is 0 Å². The number of hydrogen-bond acceptors (Lipinski definition) is 4. The van der Waals surface area contributed by atoms with E-state index in [1.54, 1.807) is 0 Å². The van der Waals surface area contributed by atoms with Crippen LogP contribution in [0.5, 0.6) is 0 Å². The molecule has 1 aromatic heterocycles. The number of carbonyl (C=O) groups excluding carboxylic acids is 1. The van der Waals surface area contributed by atoms with E-state index in [0.717, 1.165) is 27.4 Å². The molecule has 1 heterocycles. The van der Waals surface area contributed by atoms with Crippen molar-refractivity contribution in [1.82, 2.24) is 10.2 Å². The summed E-state index contributed by atoms with van der Waals surface area (Å²) in [6.45, 7) is 4.06. The summed E-state index contributed by atoms with van der Waals surface area (Å²) < 4.78 is 0. The summed E-state index contributed by atoms with van der Waals surface area (Å²) in [5, 5.41) is 15.5. The normalized spacial score (nSPS) is 10.8. The fraction of sp³-hybridized carbons (Fsp3) is 0.125. The van der Waals surface area contributed by atoms with Crippen LogP contribution in [0.2, 0.25) is 0 Å². The quantitative estimate of drug-likeness (QED) is 0.422. The van der Waals surface area contributed by atoms with Crippen molar-refractivity contribution in [2.45, 2.75) is 19.8 Å². The summed E-state index contributed by atoms with van der Waals surface area (Å²) in [6, 6.07) is 25.9. The van der Waals surface area contributed by atoms with E-state index >= 15 is 0 Å². The third-order valence-electron chi connectivity index (χ3n) is 4.94. The smallest absolute Gasteiger partial charge is 0.308 e. The van der Waals surface area contributed by atoms with Gasteiger partial charge in [-0.05, 0) is 48.2 Å². The van der Waals surface area contributed by atoms with Gasteiger partial charge in [0.2, 0.25) is 5.13 Å². The number of benzene rings is 3. The van der Waals surface area contributed by atoms with Crippen LogP contribution >= 0.6 is 11.3 Å². The Hall–Kier alpha value is -3.51. The van der Waals surface area contributed by atoms with E-state index < -0.39 is 0 Å². The molecule has 4 aromatic rings. The van der Waals surface area contributed by atoms with Crippen molar-refractivity contribution in [3.8, 4) is 0 Å². The van der Waals surface area contributed by atoms with Gasteiger partial charge in [0.1, 0.15) is 5.01 Å². The van der Waals surface area contributed by atoms with Crippen molar-refractivity contribution in [1.29, 1.82) is 0 Å². The van der Waals surface area contributed by atoms with Gasteiger partial charge in [-0.2, -0.15) is 0 Å². The molecule has 0 radical (unpaired) electrons. The first-order valence-corrected chi connectivity index (χ1v) is 10.5. The molecule has 0 saturated heterocycles. The zero-order valence-electron chi connectivity index (χ0n) is 16.8. The minimum absolute atomic E-state index is 0.0386. The van der Waals surface area contributed by atoms with Crippen LogP contribution in [0.1, 0.15) is 33.2 Å². The van der Waals surface area contributed by atoms with E-state index in [4.69, 9.17) is 0 Å². The van der Waals surface area contributed by atoms with Gasteiger partial charge in [0.05, 0.1) is 5.92 Å². The fourth-order valence-electron chi connectivity index (χ4n) is 3.25. The Kier molecular flexibility index (Phi) is 5.86. The second-order valence-corrected chi connectivity index (χ2v) is 8.09. The molecule has 0 fully saturated rings. The van der Waals surface area contributed by atoms with Crippen molar-refractivity contribution >= 4 is 28.2 Å². The Morgan fingerprint density at radius 3 is 2.03 bits per heavy atom. The lowest BCUT2D eigenvalue weighted by atomic mass is 9.92. The van der Waals surface area contributed by atoms with Gasteiger partial charge in [-0.1, -0.05) is 78.1 Å². The van der Waals surface area contributed by atoms with Crippen LogP contribution < -0.4 is 10.6 Å². The van der Waals surface area contributed by atoms with Crippen LogP contribution in [0.4, 0.5) is 15.6 Å². The Bertz CT molecular complexity index is 1100. The fourth-order valence-corrected chi connectivity index (χ4v) is 4.14. The van der Waals surface area contributed by atoms with Crippen molar-refractivity contribution in [2.75, 3.05) is 10.6 Å². The van der Waals surface area contributed by atoms with Gasteiger partial charge in [-0.3, -0.25) is 5.32 Å². The van der Waals surface area contributed by atoms with Crippen molar-refractivity contribution < 1.29 is 4.79 Å². The molecule has 30 heavy (non-hydrogen) atoms. The third-order valence-corrected chi connectivity index (χ3v) is 5.84. The number of nitrogens with zero attached hydrogens (tertiary/aromatic N) is 2. The van der Waals surface area contributed by atoms with Gasteiger partial charge in [0.15, 0.2) is 0 Å². The number of hydrogen-bond donors (Lipinski definition) is 2. The number of aromatic nitrogens is 2. The molecule has 0 saturated carbocycles. The standard InChI is InChI=1S/C24H22N4OS/c1-16-13-14-20(15-17(16)2)25-23(29)26-24-28-27-22(30-24)21(18-9-5-3-6-10-18)19-11-7-4-8-12-19/h3-15,21H,1-2H3,(H2,25,26,28,29). The minimum Gasteiger partial charge on any atom is -0.308 e. The largest absolute Gasteiger partial charge is 0.325 e. The van der Waals surface area contributed by atoms with Crippen LogP contribution in [0.25, 0.3) is 0 Å². The molecule has 4 rings (SSSR count). The molecule has 5 nitrogen and oxygen atoms in total. The molecule has 0 aliphatic carbocycles. The first-order chi connectivity index (χ1) is 14.6. The second kappa shape index (κ2) is 8.88. The zero-order chi connectivity index (χ0) is 20.9. The van der Waals surface area contributed by atoms with E-state index in [1.807, 2.05) is 68.4 Å². The van der Waals surface area contributed by atoms with Crippen LogP contribution in [0.15, 0.2) is 78.9 Å². The molecular formula is C24H22N4OS. The monoisotopic (exact) mass is 414 g/mol. The first kappa shape index (κ1) is 19.8. The summed E-state index contributed by atoms with van der Waals surface area (Å²) in [5.41, 5.74) is 5.31. The molecule has 2 amide bonds. The third kappa shape index (κ3) is 4.55. The molecule has 0 unspecified atom stereocenters. The summed E-state index contributed by atoms with van der Waals surface area (Å²) in [4.78, 5) is 12.4.